The molecule has 2 amide bonds. The second kappa shape index (κ2) is 10.7. The van der Waals surface area contributed by atoms with Gasteiger partial charge in [0, 0.05) is 13.1 Å². The number of benzene rings is 2. The first-order valence-corrected chi connectivity index (χ1v) is 10.2. The Bertz CT molecular complexity index is 801. The molecule has 0 spiro atoms. The molecule has 0 fully saturated rings. The van der Waals surface area contributed by atoms with Gasteiger partial charge in [-0.3, -0.25) is 9.59 Å². The van der Waals surface area contributed by atoms with Gasteiger partial charge in [0.2, 0.25) is 11.8 Å². The van der Waals surface area contributed by atoms with Gasteiger partial charge in [-0.05, 0) is 42.5 Å². The average molecular weight is 399 g/mol. The maximum atomic E-state index is 13.3. The van der Waals surface area contributed by atoms with Crippen molar-refractivity contribution in [1.82, 2.24) is 10.2 Å². The molecule has 2 rings (SSSR count). The summed E-state index contributed by atoms with van der Waals surface area (Å²) < 4.78 is 13.3. The molecule has 4 nitrogen and oxygen atoms in total. The van der Waals surface area contributed by atoms with Crippen LogP contribution in [0.5, 0.6) is 0 Å². The standard InChI is InChI=1S/C24H31FN2O2/c1-5-22(24(29)26-15-17(2)3)27(16-20-10-12-21(25)13-11-20)23(28)14-19-8-6-18(4)7-9-19/h6-13,17,22H,5,14-16H2,1-4H3,(H,26,29)/t22-/m1/s1. The topological polar surface area (TPSA) is 49.4 Å². The second-order valence-corrected chi connectivity index (χ2v) is 7.87. The minimum absolute atomic E-state index is 0.121. The largest absolute Gasteiger partial charge is 0.354 e. The van der Waals surface area contributed by atoms with E-state index in [1.807, 2.05) is 52.0 Å². The smallest absolute Gasteiger partial charge is 0.242 e. The number of rotatable bonds is 9. The first-order chi connectivity index (χ1) is 13.8. The molecule has 156 valence electrons. The van der Waals surface area contributed by atoms with Gasteiger partial charge in [0.25, 0.3) is 0 Å². The van der Waals surface area contributed by atoms with E-state index in [1.54, 1.807) is 17.0 Å². The lowest BCUT2D eigenvalue weighted by molar-refractivity contribution is -0.141. The predicted molar refractivity (Wildman–Crippen MR) is 114 cm³/mol. The van der Waals surface area contributed by atoms with E-state index in [0.29, 0.717) is 18.9 Å². The minimum Gasteiger partial charge on any atom is -0.354 e. The van der Waals surface area contributed by atoms with E-state index in [-0.39, 0.29) is 30.6 Å². The fourth-order valence-corrected chi connectivity index (χ4v) is 3.11. The number of aryl methyl sites for hydroxylation is 1. The van der Waals surface area contributed by atoms with Gasteiger partial charge in [0.15, 0.2) is 0 Å². The van der Waals surface area contributed by atoms with Crippen molar-refractivity contribution in [2.24, 2.45) is 5.92 Å². The number of halogens is 1. The van der Waals surface area contributed by atoms with Gasteiger partial charge >= 0.3 is 0 Å². The quantitative estimate of drug-likeness (QED) is 0.686. The van der Waals surface area contributed by atoms with Crippen LogP contribution < -0.4 is 5.32 Å². The van der Waals surface area contributed by atoms with E-state index in [1.165, 1.54) is 12.1 Å². The summed E-state index contributed by atoms with van der Waals surface area (Å²) in [6.07, 6.45) is 0.722. The fraction of sp³-hybridized carbons (Fsp3) is 0.417. The van der Waals surface area contributed by atoms with Crippen LogP contribution in [0, 0.1) is 18.7 Å². The Balaban J connectivity index is 2.24. The van der Waals surface area contributed by atoms with Crippen LogP contribution in [-0.4, -0.2) is 29.3 Å². The van der Waals surface area contributed by atoms with Crippen molar-refractivity contribution in [2.75, 3.05) is 6.54 Å². The van der Waals surface area contributed by atoms with Gasteiger partial charge in [-0.1, -0.05) is 62.7 Å². The van der Waals surface area contributed by atoms with Crippen LogP contribution >= 0.6 is 0 Å². The lowest BCUT2D eigenvalue weighted by atomic mass is 10.1. The van der Waals surface area contributed by atoms with E-state index in [2.05, 4.69) is 5.32 Å². The average Bonchev–Trinajstić information content (AvgIpc) is 2.69. The summed E-state index contributed by atoms with van der Waals surface area (Å²) in [5.74, 6) is -0.274. The maximum absolute atomic E-state index is 13.3. The Morgan fingerprint density at radius 1 is 1.00 bits per heavy atom. The Kier molecular flexibility index (Phi) is 8.37. The van der Waals surface area contributed by atoms with Crippen LogP contribution in [0.1, 0.15) is 43.9 Å². The lowest BCUT2D eigenvalue weighted by Crippen LogP contribution is -2.50. The third kappa shape index (κ3) is 7.00. The number of carbonyl (C=O) groups is 2. The molecule has 0 aliphatic carbocycles. The van der Waals surface area contributed by atoms with Gasteiger partial charge in [0.05, 0.1) is 6.42 Å². The van der Waals surface area contributed by atoms with E-state index in [4.69, 9.17) is 0 Å². The van der Waals surface area contributed by atoms with E-state index in [9.17, 15) is 14.0 Å². The molecule has 0 aromatic heterocycles. The molecule has 0 radical (unpaired) electrons. The zero-order valence-corrected chi connectivity index (χ0v) is 17.7. The summed E-state index contributed by atoms with van der Waals surface area (Å²) in [6.45, 7) is 8.78. The van der Waals surface area contributed by atoms with Crippen LogP contribution in [0.25, 0.3) is 0 Å². The van der Waals surface area contributed by atoms with Crippen molar-refractivity contribution in [3.05, 3.63) is 71.0 Å². The van der Waals surface area contributed by atoms with Crippen molar-refractivity contribution in [1.29, 1.82) is 0 Å². The highest BCUT2D eigenvalue weighted by molar-refractivity contribution is 5.88. The van der Waals surface area contributed by atoms with Gasteiger partial charge in [-0.2, -0.15) is 0 Å². The van der Waals surface area contributed by atoms with Crippen molar-refractivity contribution in [3.63, 3.8) is 0 Å². The monoisotopic (exact) mass is 398 g/mol. The molecule has 0 heterocycles. The molecule has 0 saturated carbocycles. The number of amides is 2. The minimum atomic E-state index is -0.572. The van der Waals surface area contributed by atoms with E-state index >= 15 is 0 Å². The molecular weight excluding hydrogens is 367 g/mol. The Morgan fingerprint density at radius 3 is 2.14 bits per heavy atom. The third-order valence-corrected chi connectivity index (χ3v) is 4.81. The lowest BCUT2D eigenvalue weighted by Gasteiger charge is -2.31. The summed E-state index contributed by atoms with van der Waals surface area (Å²) in [6, 6.07) is 13.3. The molecule has 5 heteroatoms. The summed E-state index contributed by atoms with van der Waals surface area (Å²) in [7, 11) is 0. The maximum Gasteiger partial charge on any atom is 0.242 e. The molecule has 0 aliphatic heterocycles. The summed E-state index contributed by atoms with van der Waals surface area (Å²) >= 11 is 0. The SMILES string of the molecule is CC[C@H](C(=O)NCC(C)C)N(Cc1ccc(F)cc1)C(=O)Cc1ccc(C)cc1. The molecule has 1 N–H and O–H groups in total. The number of hydrogen-bond acceptors (Lipinski definition) is 2. The molecule has 0 saturated heterocycles. The van der Waals surface area contributed by atoms with Crippen LogP contribution in [0.3, 0.4) is 0 Å². The van der Waals surface area contributed by atoms with Crippen molar-refractivity contribution >= 4 is 11.8 Å². The van der Waals surface area contributed by atoms with Gasteiger partial charge < -0.3 is 10.2 Å². The molecule has 0 bridgehead atoms. The second-order valence-electron chi connectivity index (χ2n) is 7.87. The van der Waals surface area contributed by atoms with E-state index < -0.39 is 6.04 Å². The molecule has 2 aromatic rings. The van der Waals surface area contributed by atoms with Crippen LogP contribution in [0.4, 0.5) is 4.39 Å². The fourth-order valence-electron chi connectivity index (χ4n) is 3.11. The molecule has 0 aliphatic rings. The molecule has 29 heavy (non-hydrogen) atoms. The number of hydrogen-bond donors (Lipinski definition) is 1. The van der Waals surface area contributed by atoms with E-state index in [0.717, 1.165) is 16.7 Å². The van der Waals surface area contributed by atoms with Gasteiger partial charge in [-0.25, -0.2) is 4.39 Å². The zero-order valence-electron chi connectivity index (χ0n) is 17.7. The zero-order chi connectivity index (χ0) is 21.4. The predicted octanol–water partition coefficient (Wildman–Crippen LogP) is 4.26. The Hall–Kier alpha value is -2.69. The van der Waals surface area contributed by atoms with Gasteiger partial charge in [0.1, 0.15) is 11.9 Å². The number of carbonyl (C=O) groups excluding carboxylic acids is 2. The van der Waals surface area contributed by atoms with Gasteiger partial charge in [-0.15, -0.1) is 0 Å². The number of nitrogens with one attached hydrogen (secondary N) is 1. The molecule has 2 aromatic carbocycles. The van der Waals surface area contributed by atoms with Crippen molar-refractivity contribution < 1.29 is 14.0 Å². The van der Waals surface area contributed by atoms with Crippen molar-refractivity contribution in [2.45, 2.75) is 53.1 Å². The van der Waals surface area contributed by atoms with Crippen LogP contribution in [0.15, 0.2) is 48.5 Å². The highest BCUT2D eigenvalue weighted by atomic mass is 19.1. The first kappa shape index (κ1) is 22.6. The Morgan fingerprint density at radius 2 is 1.59 bits per heavy atom. The van der Waals surface area contributed by atoms with Crippen LogP contribution in [0.2, 0.25) is 0 Å². The summed E-state index contributed by atoms with van der Waals surface area (Å²) in [4.78, 5) is 27.6. The van der Waals surface area contributed by atoms with Crippen molar-refractivity contribution in [3.8, 4) is 0 Å². The molecule has 0 unspecified atom stereocenters. The summed E-state index contributed by atoms with van der Waals surface area (Å²) in [5.41, 5.74) is 2.82. The molecule has 1 atom stereocenters. The number of nitrogens with zero attached hydrogens (tertiary/aromatic N) is 1. The summed E-state index contributed by atoms with van der Waals surface area (Å²) in [5, 5.41) is 2.94. The third-order valence-electron chi connectivity index (χ3n) is 4.81. The highest BCUT2D eigenvalue weighted by Crippen LogP contribution is 2.16. The first-order valence-electron chi connectivity index (χ1n) is 10.2. The van der Waals surface area contributed by atoms with Crippen LogP contribution in [-0.2, 0) is 22.6 Å². The molecular formula is C24H31FN2O2. The normalized spacial score (nSPS) is 11.9. The highest BCUT2D eigenvalue weighted by Gasteiger charge is 2.28. The Labute approximate surface area is 173 Å².